The maximum absolute atomic E-state index is 11.8. The van der Waals surface area contributed by atoms with Crippen LogP contribution in [-0.4, -0.2) is 30.9 Å². The number of hydrogen-bond donors (Lipinski definition) is 1. The summed E-state index contributed by atoms with van der Waals surface area (Å²) < 4.78 is 40.0. The summed E-state index contributed by atoms with van der Waals surface area (Å²) in [5.74, 6) is 0. The van der Waals surface area contributed by atoms with E-state index < -0.39 is 12.8 Å². The predicted molar refractivity (Wildman–Crippen MR) is 58.1 cm³/mol. The Balaban J connectivity index is 1.77. The molecular weight excluding hydrogens is 253 g/mol. The molecule has 0 saturated carbocycles. The van der Waals surface area contributed by atoms with Gasteiger partial charge in [0.2, 0.25) is 0 Å². The van der Waals surface area contributed by atoms with E-state index in [4.69, 9.17) is 0 Å². The molecule has 0 amide bonds. The van der Waals surface area contributed by atoms with Crippen molar-refractivity contribution in [1.29, 1.82) is 0 Å². The van der Waals surface area contributed by atoms with Gasteiger partial charge in [-0.15, -0.1) is 11.3 Å². The van der Waals surface area contributed by atoms with Crippen LogP contribution in [0.3, 0.4) is 0 Å². The minimum absolute atomic E-state index is 0.0688. The van der Waals surface area contributed by atoms with Gasteiger partial charge in [-0.3, -0.25) is 0 Å². The second-order valence-electron chi connectivity index (χ2n) is 3.82. The Kier molecular flexibility index (Phi) is 4.01. The standard InChI is InChI=1S/C10H13F3N2OS/c11-10(12,13)6-16-4-2-9-15-7-1-3-14-5-8(7)17-9/h14H,1-6H2. The summed E-state index contributed by atoms with van der Waals surface area (Å²) >= 11 is 1.56. The van der Waals surface area contributed by atoms with Crippen LogP contribution in [0.4, 0.5) is 13.2 Å². The molecule has 0 aliphatic carbocycles. The summed E-state index contributed by atoms with van der Waals surface area (Å²) in [5.41, 5.74) is 1.08. The molecule has 3 nitrogen and oxygen atoms in total. The Morgan fingerprint density at radius 3 is 2.94 bits per heavy atom. The van der Waals surface area contributed by atoms with Crippen LogP contribution < -0.4 is 5.32 Å². The number of rotatable bonds is 4. The average Bonchev–Trinajstić information content (AvgIpc) is 2.65. The van der Waals surface area contributed by atoms with Gasteiger partial charge in [0.1, 0.15) is 6.61 Å². The molecule has 0 atom stereocenters. The molecule has 0 bridgehead atoms. The van der Waals surface area contributed by atoms with Crippen molar-refractivity contribution in [2.24, 2.45) is 0 Å². The van der Waals surface area contributed by atoms with Gasteiger partial charge in [-0.2, -0.15) is 13.2 Å². The number of alkyl halides is 3. The molecule has 96 valence electrons. The largest absolute Gasteiger partial charge is 0.411 e. The molecule has 0 spiro atoms. The van der Waals surface area contributed by atoms with Crippen molar-refractivity contribution in [2.75, 3.05) is 19.8 Å². The SMILES string of the molecule is FC(F)(F)COCCc1nc2c(s1)CNCC2. The molecule has 7 heteroatoms. The minimum atomic E-state index is -4.24. The minimum Gasteiger partial charge on any atom is -0.372 e. The van der Waals surface area contributed by atoms with Gasteiger partial charge in [0, 0.05) is 30.8 Å². The fourth-order valence-corrected chi connectivity index (χ4v) is 2.70. The molecule has 1 aromatic rings. The third-order valence-corrected chi connectivity index (χ3v) is 3.53. The molecule has 2 heterocycles. The molecule has 1 aliphatic heterocycles. The summed E-state index contributed by atoms with van der Waals surface area (Å²) in [7, 11) is 0. The number of aromatic nitrogens is 1. The molecule has 0 aromatic carbocycles. The lowest BCUT2D eigenvalue weighted by molar-refractivity contribution is -0.173. The second kappa shape index (κ2) is 5.32. The predicted octanol–water partition coefficient (Wildman–Crippen LogP) is 1.91. The van der Waals surface area contributed by atoms with Crippen LogP contribution in [0.15, 0.2) is 0 Å². The van der Waals surface area contributed by atoms with Crippen LogP contribution in [0.25, 0.3) is 0 Å². The number of nitrogens with one attached hydrogen (secondary N) is 1. The van der Waals surface area contributed by atoms with Crippen LogP contribution in [0.2, 0.25) is 0 Å². The quantitative estimate of drug-likeness (QED) is 0.845. The van der Waals surface area contributed by atoms with E-state index in [9.17, 15) is 13.2 Å². The van der Waals surface area contributed by atoms with Crippen LogP contribution in [0.5, 0.6) is 0 Å². The smallest absolute Gasteiger partial charge is 0.372 e. The number of hydrogen-bond acceptors (Lipinski definition) is 4. The van der Waals surface area contributed by atoms with E-state index in [2.05, 4.69) is 15.0 Å². The number of halogens is 3. The number of ether oxygens (including phenoxy) is 1. The van der Waals surface area contributed by atoms with Gasteiger partial charge < -0.3 is 10.1 Å². The Morgan fingerprint density at radius 2 is 2.24 bits per heavy atom. The maximum Gasteiger partial charge on any atom is 0.411 e. The van der Waals surface area contributed by atoms with E-state index in [-0.39, 0.29) is 6.61 Å². The van der Waals surface area contributed by atoms with E-state index in [1.165, 1.54) is 4.88 Å². The van der Waals surface area contributed by atoms with Crippen molar-refractivity contribution in [1.82, 2.24) is 10.3 Å². The zero-order chi connectivity index (χ0) is 12.3. The Labute approximate surface area is 101 Å². The molecule has 17 heavy (non-hydrogen) atoms. The first kappa shape index (κ1) is 12.8. The molecule has 2 rings (SSSR count). The molecule has 1 aliphatic rings. The summed E-state index contributed by atoms with van der Waals surface area (Å²) in [4.78, 5) is 5.60. The van der Waals surface area contributed by atoms with Gasteiger partial charge in [-0.05, 0) is 0 Å². The lowest BCUT2D eigenvalue weighted by Crippen LogP contribution is -2.22. The van der Waals surface area contributed by atoms with Crippen molar-refractivity contribution in [2.45, 2.75) is 25.6 Å². The first-order valence-corrected chi connectivity index (χ1v) is 6.19. The normalized spacial score (nSPS) is 15.9. The highest BCUT2D eigenvalue weighted by molar-refractivity contribution is 7.11. The highest BCUT2D eigenvalue weighted by Gasteiger charge is 2.27. The van der Waals surface area contributed by atoms with Crippen LogP contribution in [-0.2, 0) is 24.1 Å². The zero-order valence-corrected chi connectivity index (χ0v) is 9.96. The van der Waals surface area contributed by atoms with Gasteiger partial charge in [0.05, 0.1) is 17.3 Å². The topological polar surface area (TPSA) is 34.1 Å². The summed E-state index contributed by atoms with van der Waals surface area (Å²) in [6.45, 7) is 0.621. The van der Waals surface area contributed by atoms with E-state index in [0.29, 0.717) is 6.42 Å². The first-order valence-electron chi connectivity index (χ1n) is 5.37. The molecule has 0 saturated heterocycles. The van der Waals surface area contributed by atoms with Crippen LogP contribution in [0.1, 0.15) is 15.6 Å². The van der Waals surface area contributed by atoms with E-state index in [1.807, 2.05) is 0 Å². The van der Waals surface area contributed by atoms with Crippen molar-refractivity contribution >= 4 is 11.3 Å². The number of thiazole rings is 1. The molecule has 1 N–H and O–H groups in total. The van der Waals surface area contributed by atoms with Gasteiger partial charge in [-0.1, -0.05) is 0 Å². The fraction of sp³-hybridized carbons (Fsp3) is 0.700. The number of fused-ring (bicyclic) bond motifs is 1. The van der Waals surface area contributed by atoms with Crippen molar-refractivity contribution in [3.05, 3.63) is 15.6 Å². The monoisotopic (exact) mass is 266 g/mol. The second-order valence-corrected chi connectivity index (χ2v) is 4.99. The fourth-order valence-electron chi connectivity index (χ4n) is 1.63. The van der Waals surface area contributed by atoms with E-state index >= 15 is 0 Å². The summed E-state index contributed by atoms with van der Waals surface area (Å²) in [6, 6.07) is 0. The van der Waals surface area contributed by atoms with Gasteiger partial charge >= 0.3 is 6.18 Å². The Morgan fingerprint density at radius 1 is 1.41 bits per heavy atom. The van der Waals surface area contributed by atoms with Gasteiger partial charge in [0.15, 0.2) is 0 Å². The molecular formula is C10H13F3N2OS. The van der Waals surface area contributed by atoms with Gasteiger partial charge in [0.25, 0.3) is 0 Å². The van der Waals surface area contributed by atoms with E-state index in [1.54, 1.807) is 11.3 Å². The van der Waals surface area contributed by atoms with Crippen molar-refractivity contribution < 1.29 is 17.9 Å². The number of nitrogens with zero attached hydrogens (tertiary/aromatic N) is 1. The summed E-state index contributed by atoms with van der Waals surface area (Å²) in [5, 5.41) is 4.09. The third kappa shape index (κ3) is 3.93. The zero-order valence-electron chi connectivity index (χ0n) is 9.14. The van der Waals surface area contributed by atoms with Crippen LogP contribution in [0, 0.1) is 0 Å². The first-order chi connectivity index (χ1) is 8.04. The molecule has 0 fully saturated rings. The highest BCUT2D eigenvalue weighted by Crippen LogP contribution is 2.22. The van der Waals surface area contributed by atoms with Crippen LogP contribution >= 0.6 is 11.3 Å². The Hall–Kier alpha value is -0.660. The van der Waals surface area contributed by atoms with E-state index in [0.717, 1.165) is 30.2 Å². The van der Waals surface area contributed by atoms with Crippen molar-refractivity contribution in [3.63, 3.8) is 0 Å². The average molecular weight is 266 g/mol. The molecule has 1 aromatic heterocycles. The third-order valence-electron chi connectivity index (χ3n) is 2.37. The lowest BCUT2D eigenvalue weighted by Gasteiger charge is -2.09. The molecule has 0 radical (unpaired) electrons. The lowest BCUT2D eigenvalue weighted by atomic mass is 10.2. The summed E-state index contributed by atoms with van der Waals surface area (Å²) in [6.07, 6.45) is -2.89. The maximum atomic E-state index is 11.8. The van der Waals surface area contributed by atoms with Crippen molar-refractivity contribution in [3.8, 4) is 0 Å². The highest BCUT2D eigenvalue weighted by atomic mass is 32.1. The molecule has 0 unspecified atom stereocenters. The Bertz CT molecular complexity index is 355. The van der Waals surface area contributed by atoms with Gasteiger partial charge in [-0.25, -0.2) is 4.98 Å².